The van der Waals surface area contributed by atoms with Crippen LogP contribution in [-0.2, 0) is 10.0 Å². The Balaban J connectivity index is 2.53. The first-order valence-corrected chi connectivity index (χ1v) is 7.75. The van der Waals surface area contributed by atoms with Crippen molar-refractivity contribution in [1.82, 2.24) is 14.6 Å². The number of pyridine rings is 1. The minimum Gasteiger partial charge on any atom is -0.370 e. The highest BCUT2D eigenvalue weighted by atomic mass is 32.2. The van der Waals surface area contributed by atoms with E-state index >= 15 is 0 Å². The summed E-state index contributed by atoms with van der Waals surface area (Å²) in [6.45, 7) is 4.80. The maximum absolute atomic E-state index is 11.8. The third kappa shape index (κ3) is 4.77. The monoisotopic (exact) mass is 286 g/mol. The number of hydrogen-bond acceptors (Lipinski definition) is 5. The van der Waals surface area contributed by atoms with E-state index in [2.05, 4.69) is 22.5 Å². The van der Waals surface area contributed by atoms with Crippen molar-refractivity contribution in [2.45, 2.75) is 18.2 Å². The third-order valence-corrected chi connectivity index (χ3v) is 4.40. The van der Waals surface area contributed by atoms with Crippen molar-refractivity contribution in [3.63, 3.8) is 0 Å². The molecule has 0 spiro atoms. The molecule has 0 saturated carbocycles. The lowest BCUT2D eigenvalue weighted by molar-refractivity contribution is 0.520. The minimum absolute atomic E-state index is 0.204. The molecular formula is C12H22N4O2S. The van der Waals surface area contributed by atoms with Crippen molar-refractivity contribution >= 4 is 15.8 Å². The average Bonchev–Trinajstić information content (AvgIpc) is 2.39. The molecule has 0 radical (unpaired) electrons. The fourth-order valence-electron chi connectivity index (χ4n) is 1.45. The predicted molar refractivity (Wildman–Crippen MR) is 76.8 cm³/mol. The van der Waals surface area contributed by atoms with Crippen LogP contribution in [0.25, 0.3) is 0 Å². The van der Waals surface area contributed by atoms with E-state index < -0.39 is 10.0 Å². The van der Waals surface area contributed by atoms with Gasteiger partial charge in [-0.2, -0.15) is 0 Å². The van der Waals surface area contributed by atoms with Crippen molar-refractivity contribution in [2.24, 2.45) is 0 Å². The summed E-state index contributed by atoms with van der Waals surface area (Å²) in [5, 5.41) is 6.38. The number of hydrogen-bond donors (Lipinski definition) is 2. The molecule has 1 aromatic rings. The molecule has 0 saturated heterocycles. The first kappa shape index (κ1) is 15.9. The van der Waals surface area contributed by atoms with Gasteiger partial charge in [-0.25, -0.2) is 17.7 Å². The van der Waals surface area contributed by atoms with Crippen LogP contribution in [0.3, 0.4) is 0 Å². The highest BCUT2D eigenvalue weighted by molar-refractivity contribution is 7.89. The van der Waals surface area contributed by atoms with Crippen molar-refractivity contribution < 1.29 is 8.42 Å². The summed E-state index contributed by atoms with van der Waals surface area (Å²) in [7, 11) is -0.389. The number of rotatable bonds is 8. The lowest BCUT2D eigenvalue weighted by Crippen LogP contribution is -2.22. The van der Waals surface area contributed by atoms with Crippen LogP contribution in [0.1, 0.15) is 13.3 Å². The summed E-state index contributed by atoms with van der Waals surface area (Å²) < 4.78 is 24.8. The van der Waals surface area contributed by atoms with E-state index in [0.717, 1.165) is 26.1 Å². The van der Waals surface area contributed by atoms with Gasteiger partial charge in [-0.3, -0.25) is 0 Å². The molecule has 1 heterocycles. The summed E-state index contributed by atoms with van der Waals surface area (Å²) in [6, 6.07) is 3.25. The smallest absolute Gasteiger partial charge is 0.244 e. The lowest BCUT2D eigenvalue weighted by Gasteiger charge is -2.11. The summed E-state index contributed by atoms with van der Waals surface area (Å²) in [5.41, 5.74) is 0. The molecule has 0 aliphatic heterocycles. The Morgan fingerprint density at radius 1 is 1.26 bits per heavy atom. The number of aromatic nitrogens is 1. The molecule has 19 heavy (non-hydrogen) atoms. The van der Waals surface area contributed by atoms with Crippen LogP contribution >= 0.6 is 0 Å². The number of anilines is 1. The largest absolute Gasteiger partial charge is 0.370 e. The Kier molecular flexibility index (Phi) is 6.20. The molecule has 0 amide bonds. The third-order valence-electron chi connectivity index (χ3n) is 2.60. The van der Waals surface area contributed by atoms with Crippen LogP contribution in [0.4, 0.5) is 5.82 Å². The van der Waals surface area contributed by atoms with Crippen LogP contribution in [-0.4, -0.2) is 51.4 Å². The fraction of sp³-hybridized carbons (Fsp3) is 0.583. The Morgan fingerprint density at radius 2 is 2.00 bits per heavy atom. The fourth-order valence-corrected chi connectivity index (χ4v) is 2.30. The van der Waals surface area contributed by atoms with Crippen molar-refractivity contribution in [3.8, 4) is 0 Å². The van der Waals surface area contributed by atoms with E-state index in [-0.39, 0.29) is 4.90 Å². The zero-order chi connectivity index (χ0) is 14.3. The summed E-state index contributed by atoms with van der Waals surface area (Å²) in [6.07, 6.45) is 2.37. The predicted octanol–water partition coefficient (Wildman–Crippen LogP) is 0.743. The Bertz CT molecular complexity index is 471. The number of nitrogens with zero attached hydrogens (tertiary/aromatic N) is 2. The van der Waals surface area contributed by atoms with E-state index in [9.17, 15) is 8.42 Å². The standard InChI is InChI=1S/C12H22N4O2S/c1-4-13-8-5-9-14-12-7-6-11(10-15-12)19(17,18)16(2)3/h6-7,10,13H,4-5,8-9H2,1-3H3,(H,14,15). The molecule has 108 valence electrons. The van der Waals surface area contributed by atoms with E-state index in [1.54, 1.807) is 12.1 Å². The van der Waals surface area contributed by atoms with Crippen molar-refractivity contribution in [3.05, 3.63) is 18.3 Å². The topological polar surface area (TPSA) is 74.3 Å². The van der Waals surface area contributed by atoms with E-state index in [4.69, 9.17) is 0 Å². The normalized spacial score (nSPS) is 11.8. The van der Waals surface area contributed by atoms with E-state index in [0.29, 0.717) is 5.82 Å². The summed E-state index contributed by atoms with van der Waals surface area (Å²) >= 11 is 0. The van der Waals surface area contributed by atoms with Gasteiger partial charge in [0.05, 0.1) is 0 Å². The second-order valence-corrected chi connectivity index (χ2v) is 6.45. The first-order valence-electron chi connectivity index (χ1n) is 6.31. The van der Waals surface area contributed by atoms with Crippen LogP contribution in [0.5, 0.6) is 0 Å². The molecule has 0 aliphatic rings. The first-order chi connectivity index (χ1) is 8.98. The quantitative estimate of drug-likeness (QED) is 0.690. The maximum Gasteiger partial charge on any atom is 0.244 e. The zero-order valence-electron chi connectivity index (χ0n) is 11.7. The molecule has 1 rings (SSSR count). The highest BCUT2D eigenvalue weighted by Crippen LogP contribution is 2.13. The maximum atomic E-state index is 11.8. The van der Waals surface area contributed by atoms with Gasteiger partial charge in [0.2, 0.25) is 10.0 Å². The SMILES string of the molecule is CCNCCCNc1ccc(S(=O)(=O)N(C)C)cn1. The molecule has 6 nitrogen and oxygen atoms in total. The van der Waals surface area contributed by atoms with Gasteiger partial charge in [-0.05, 0) is 31.6 Å². The number of nitrogens with one attached hydrogen (secondary N) is 2. The van der Waals surface area contributed by atoms with Gasteiger partial charge in [0.25, 0.3) is 0 Å². The molecule has 1 aromatic heterocycles. The average molecular weight is 286 g/mol. The Hall–Kier alpha value is -1.18. The van der Waals surface area contributed by atoms with Gasteiger partial charge in [-0.1, -0.05) is 6.92 Å². The van der Waals surface area contributed by atoms with Crippen molar-refractivity contribution in [1.29, 1.82) is 0 Å². The van der Waals surface area contributed by atoms with E-state index in [1.807, 2.05) is 0 Å². The molecule has 2 N–H and O–H groups in total. The summed E-state index contributed by atoms with van der Waals surface area (Å²) in [5.74, 6) is 0.689. The highest BCUT2D eigenvalue weighted by Gasteiger charge is 2.17. The second kappa shape index (κ2) is 7.42. The minimum atomic E-state index is -3.39. The molecule has 0 unspecified atom stereocenters. The van der Waals surface area contributed by atoms with Gasteiger partial charge in [0.1, 0.15) is 10.7 Å². The lowest BCUT2D eigenvalue weighted by atomic mass is 10.4. The number of sulfonamides is 1. The molecule has 0 fully saturated rings. The molecule has 0 atom stereocenters. The van der Waals surface area contributed by atoms with Gasteiger partial charge >= 0.3 is 0 Å². The molecule has 0 aromatic carbocycles. The molecule has 0 bridgehead atoms. The van der Waals surface area contributed by atoms with Crippen LogP contribution in [0.2, 0.25) is 0 Å². The van der Waals surface area contributed by atoms with Crippen LogP contribution < -0.4 is 10.6 Å². The van der Waals surface area contributed by atoms with Crippen LogP contribution in [0.15, 0.2) is 23.2 Å². The van der Waals surface area contributed by atoms with Gasteiger partial charge in [-0.15, -0.1) is 0 Å². The van der Waals surface area contributed by atoms with E-state index in [1.165, 1.54) is 24.6 Å². The Morgan fingerprint density at radius 3 is 2.53 bits per heavy atom. The van der Waals surface area contributed by atoms with Gasteiger partial charge < -0.3 is 10.6 Å². The Labute approximate surface area is 115 Å². The molecule has 7 heteroatoms. The van der Waals surface area contributed by atoms with Gasteiger partial charge in [0.15, 0.2) is 0 Å². The molecule has 0 aliphatic carbocycles. The summed E-state index contributed by atoms with van der Waals surface area (Å²) in [4.78, 5) is 4.31. The van der Waals surface area contributed by atoms with Crippen LogP contribution in [0, 0.1) is 0 Å². The molecular weight excluding hydrogens is 264 g/mol. The van der Waals surface area contributed by atoms with Crippen molar-refractivity contribution in [2.75, 3.05) is 39.0 Å². The second-order valence-electron chi connectivity index (χ2n) is 4.30. The zero-order valence-corrected chi connectivity index (χ0v) is 12.5. The van der Waals surface area contributed by atoms with Gasteiger partial charge in [0, 0.05) is 26.8 Å².